The van der Waals surface area contributed by atoms with Crippen LogP contribution in [-0.2, 0) is 9.53 Å². The Labute approximate surface area is 236 Å². The number of hydrogen-bond acceptors (Lipinski definition) is 8. The summed E-state index contributed by atoms with van der Waals surface area (Å²) in [4.78, 5) is 29.6. The fraction of sp³-hybridized carbons (Fsp3) is 0.310. The maximum Gasteiger partial charge on any atom is 0.244 e. The molecule has 5 aromatic rings. The molecule has 4 heterocycles. The van der Waals surface area contributed by atoms with Gasteiger partial charge in [0.25, 0.3) is 0 Å². The van der Waals surface area contributed by atoms with Crippen molar-refractivity contribution < 1.29 is 13.9 Å². The summed E-state index contributed by atoms with van der Waals surface area (Å²) < 4.78 is 20.5. The highest BCUT2D eigenvalue weighted by Crippen LogP contribution is 2.33. The van der Waals surface area contributed by atoms with Crippen molar-refractivity contribution in [2.45, 2.75) is 13.0 Å². The number of likely N-dealkylation sites (N-methyl/N-ethyl adjacent to an activating group) is 1. The molecule has 0 spiro atoms. The van der Waals surface area contributed by atoms with Crippen molar-refractivity contribution in [2.75, 3.05) is 57.6 Å². The second kappa shape index (κ2) is 11.2. The Hall–Kier alpha value is -4.39. The third-order valence-corrected chi connectivity index (χ3v) is 7.58. The lowest BCUT2D eigenvalue weighted by molar-refractivity contribution is -0.124. The lowest BCUT2D eigenvalue weighted by Gasteiger charge is -2.36. The van der Waals surface area contributed by atoms with Crippen LogP contribution < -0.4 is 10.6 Å². The molecule has 3 aromatic heterocycles. The van der Waals surface area contributed by atoms with Crippen molar-refractivity contribution in [3.8, 4) is 11.3 Å². The summed E-state index contributed by atoms with van der Waals surface area (Å²) in [7, 11) is 3.68. The molecule has 1 saturated heterocycles. The summed E-state index contributed by atoms with van der Waals surface area (Å²) in [5, 5.41) is 15.2. The lowest BCUT2D eigenvalue weighted by atomic mass is 10.1. The van der Waals surface area contributed by atoms with Gasteiger partial charge in [0.15, 0.2) is 5.82 Å². The Morgan fingerprint density at radius 3 is 2.80 bits per heavy atom. The average molecular weight is 558 g/mol. The molecule has 2 aromatic carbocycles. The van der Waals surface area contributed by atoms with E-state index in [2.05, 4.69) is 52.6 Å². The van der Waals surface area contributed by atoms with Crippen molar-refractivity contribution in [1.82, 2.24) is 34.9 Å². The van der Waals surface area contributed by atoms with Gasteiger partial charge >= 0.3 is 0 Å². The molecular weight excluding hydrogens is 525 g/mol. The number of rotatable bonds is 8. The number of para-hydroxylation sites is 1. The standard InChI is InChI=1S/C29H32FN9O2/c1-17-19-8-7-18(13-24(19)37-36-17)33-29-32-15-22(30)26(35-29)21-14-31-27-20(21)5-4-6-23(27)34-28(40)25(16-41-3)39-11-9-38(2)10-12-39/h4-8,13-15,25,31H,9-12,16H2,1-3H3,(H,34,40)(H,36,37)(H,32,33,35). The Morgan fingerprint density at radius 1 is 1.17 bits per heavy atom. The number of ether oxygens (including phenoxy) is 1. The first-order valence-corrected chi connectivity index (χ1v) is 13.5. The van der Waals surface area contributed by atoms with Crippen molar-refractivity contribution in [3.63, 3.8) is 0 Å². The molecule has 0 radical (unpaired) electrons. The number of halogens is 1. The van der Waals surface area contributed by atoms with Gasteiger partial charge in [-0.3, -0.25) is 14.8 Å². The van der Waals surface area contributed by atoms with Crippen molar-refractivity contribution in [3.05, 3.63) is 60.3 Å². The summed E-state index contributed by atoms with van der Waals surface area (Å²) in [5.41, 5.74) is 4.50. The van der Waals surface area contributed by atoms with E-state index in [0.717, 1.165) is 60.0 Å². The normalized spacial score (nSPS) is 15.4. The van der Waals surface area contributed by atoms with E-state index in [1.807, 2.05) is 43.3 Å². The van der Waals surface area contributed by atoms with Crippen LogP contribution in [0.15, 0.2) is 48.8 Å². The molecule has 12 heteroatoms. The van der Waals surface area contributed by atoms with E-state index in [-0.39, 0.29) is 24.2 Å². The summed E-state index contributed by atoms with van der Waals surface area (Å²) in [6, 6.07) is 10.8. The van der Waals surface area contributed by atoms with Gasteiger partial charge in [-0.1, -0.05) is 12.1 Å². The largest absolute Gasteiger partial charge is 0.383 e. The van der Waals surface area contributed by atoms with E-state index in [4.69, 9.17) is 4.74 Å². The fourth-order valence-corrected chi connectivity index (χ4v) is 5.28. The van der Waals surface area contributed by atoms with Crippen LogP contribution in [-0.4, -0.2) is 93.8 Å². The third kappa shape index (κ3) is 5.36. The second-order valence-electron chi connectivity index (χ2n) is 10.3. The van der Waals surface area contributed by atoms with E-state index < -0.39 is 11.9 Å². The van der Waals surface area contributed by atoms with Crippen LogP contribution in [0.2, 0.25) is 0 Å². The minimum Gasteiger partial charge on any atom is -0.383 e. The fourth-order valence-electron chi connectivity index (χ4n) is 5.28. The third-order valence-electron chi connectivity index (χ3n) is 7.58. The van der Waals surface area contributed by atoms with E-state index in [9.17, 15) is 4.79 Å². The number of aryl methyl sites for hydroxylation is 1. The minimum atomic E-state index is -0.556. The monoisotopic (exact) mass is 557 g/mol. The summed E-state index contributed by atoms with van der Waals surface area (Å²) in [6.45, 7) is 5.60. The Balaban J connectivity index is 1.26. The first-order chi connectivity index (χ1) is 19.9. The Kier molecular flexibility index (Phi) is 7.35. The van der Waals surface area contributed by atoms with Crippen LogP contribution in [0.4, 0.5) is 21.7 Å². The molecule has 4 N–H and O–H groups in total. The maximum atomic E-state index is 15.1. The van der Waals surface area contributed by atoms with Gasteiger partial charge in [0, 0.05) is 67.2 Å². The molecule has 1 aliphatic rings. The molecule has 1 unspecified atom stereocenters. The van der Waals surface area contributed by atoms with Crippen LogP contribution in [0.3, 0.4) is 0 Å². The van der Waals surface area contributed by atoms with Crippen molar-refractivity contribution >= 4 is 45.0 Å². The molecule has 1 fully saturated rings. The number of amides is 1. The average Bonchev–Trinajstić information content (AvgIpc) is 3.57. The van der Waals surface area contributed by atoms with Gasteiger partial charge < -0.3 is 25.3 Å². The molecule has 212 valence electrons. The zero-order chi connectivity index (χ0) is 28.5. The molecule has 1 aliphatic heterocycles. The molecule has 0 bridgehead atoms. The van der Waals surface area contributed by atoms with Gasteiger partial charge in [-0.2, -0.15) is 5.10 Å². The maximum absolute atomic E-state index is 15.1. The smallest absolute Gasteiger partial charge is 0.244 e. The minimum absolute atomic E-state index is 0.142. The highest BCUT2D eigenvalue weighted by molar-refractivity contribution is 6.06. The van der Waals surface area contributed by atoms with Crippen LogP contribution in [0.1, 0.15) is 5.69 Å². The highest BCUT2D eigenvalue weighted by atomic mass is 19.1. The number of anilines is 3. The number of aromatic amines is 2. The van der Waals surface area contributed by atoms with Crippen molar-refractivity contribution in [1.29, 1.82) is 0 Å². The van der Waals surface area contributed by atoms with E-state index in [0.29, 0.717) is 16.8 Å². The highest BCUT2D eigenvalue weighted by Gasteiger charge is 2.29. The quantitative estimate of drug-likeness (QED) is 0.226. The first-order valence-electron chi connectivity index (χ1n) is 13.5. The number of nitrogens with zero attached hydrogens (tertiary/aromatic N) is 5. The molecule has 1 amide bonds. The number of hydrogen-bond donors (Lipinski definition) is 4. The second-order valence-corrected chi connectivity index (χ2v) is 10.3. The predicted molar refractivity (Wildman–Crippen MR) is 157 cm³/mol. The number of aromatic nitrogens is 5. The summed E-state index contributed by atoms with van der Waals surface area (Å²) in [5.74, 6) is -0.454. The number of H-pyrrole nitrogens is 2. The number of carbonyl (C=O) groups excluding carboxylic acids is 1. The van der Waals surface area contributed by atoms with Gasteiger partial charge in [0.05, 0.1) is 29.5 Å². The summed E-state index contributed by atoms with van der Waals surface area (Å²) in [6.07, 6.45) is 2.85. The first kappa shape index (κ1) is 26.8. The van der Waals surface area contributed by atoms with E-state index >= 15 is 4.39 Å². The zero-order valence-corrected chi connectivity index (χ0v) is 23.2. The van der Waals surface area contributed by atoms with Gasteiger partial charge in [-0.05, 0) is 38.2 Å². The van der Waals surface area contributed by atoms with Gasteiger partial charge in [0.1, 0.15) is 11.7 Å². The number of piperazine rings is 1. The lowest BCUT2D eigenvalue weighted by Crippen LogP contribution is -2.54. The molecular formula is C29H32FN9O2. The van der Waals surface area contributed by atoms with Gasteiger partial charge in [-0.25, -0.2) is 14.4 Å². The Bertz CT molecular complexity index is 1710. The van der Waals surface area contributed by atoms with Crippen LogP contribution >= 0.6 is 0 Å². The molecule has 11 nitrogen and oxygen atoms in total. The number of nitrogens with one attached hydrogen (secondary N) is 4. The number of carbonyl (C=O) groups is 1. The molecule has 0 aliphatic carbocycles. The number of methoxy groups -OCH3 is 1. The Morgan fingerprint density at radius 2 is 2.00 bits per heavy atom. The number of fused-ring (bicyclic) bond motifs is 2. The van der Waals surface area contributed by atoms with E-state index in [1.165, 1.54) is 0 Å². The van der Waals surface area contributed by atoms with Gasteiger partial charge in [-0.15, -0.1) is 0 Å². The van der Waals surface area contributed by atoms with Crippen LogP contribution in [0.25, 0.3) is 33.1 Å². The van der Waals surface area contributed by atoms with E-state index in [1.54, 1.807) is 13.3 Å². The van der Waals surface area contributed by atoms with Gasteiger partial charge in [0.2, 0.25) is 11.9 Å². The SMILES string of the molecule is COCC(C(=O)Nc1cccc2c(-c3nc(Nc4ccc5c(C)[nH]nc5c4)ncc3F)c[nH]c12)N1CCN(C)CC1. The van der Waals surface area contributed by atoms with Crippen molar-refractivity contribution in [2.24, 2.45) is 0 Å². The van der Waals surface area contributed by atoms with Crippen LogP contribution in [0, 0.1) is 12.7 Å². The molecule has 41 heavy (non-hydrogen) atoms. The number of benzene rings is 2. The topological polar surface area (TPSA) is 127 Å². The van der Waals surface area contributed by atoms with Crippen LogP contribution in [0.5, 0.6) is 0 Å². The molecule has 6 rings (SSSR count). The summed E-state index contributed by atoms with van der Waals surface area (Å²) >= 11 is 0. The zero-order valence-electron chi connectivity index (χ0n) is 23.2. The predicted octanol–water partition coefficient (Wildman–Crippen LogP) is 3.89. The molecule has 1 atom stereocenters. The molecule has 0 saturated carbocycles.